The molecule has 0 aliphatic carbocycles. The average Bonchev–Trinajstić information content (AvgIpc) is 2.32. The van der Waals surface area contributed by atoms with E-state index in [0.29, 0.717) is 11.4 Å². The number of hydrogen-bond donors (Lipinski definition) is 2. The number of nitrogens with one attached hydrogen (secondary N) is 1. The number of anilines is 3. The van der Waals surface area contributed by atoms with Crippen molar-refractivity contribution in [2.45, 2.75) is 13.1 Å². The molecule has 1 aromatic heterocycles. The fourth-order valence-electron chi connectivity index (χ4n) is 1.62. The highest BCUT2D eigenvalue weighted by molar-refractivity contribution is 5.65. The molecule has 100 valence electrons. The molecule has 0 unspecified atom stereocenters. The first kappa shape index (κ1) is 13.2. The highest BCUT2D eigenvalue weighted by Crippen LogP contribution is 2.28. The predicted molar refractivity (Wildman–Crippen MR) is 68.1 cm³/mol. The van der Waals surface area contributed by atoms with E-state index in [4.69, 9.17) is 5.73 Å². The van der Waals surface area contributed by atoms with Crippen molar-refractivity contribution in [3.05, 3.63) is 47.8 Å². The van der Waals surface area contributed by atoms with Gasteiger partial charge >= 0.3 is 6.18 Å². The number of aryl methyl sites for hydroxylation is 1. The third-order valence-electron chi connectivity index (χ3n) is 2.58. The lowest BCUT2D eigenvalue weighted by atomic mass is 10.1. The van der Waals surface area contributed by atoms with Crippen LogP contribution in [0.1, 0.15) is 11.3 Å². The maximum absolute atomic E-state index is 12.4. The van der Waals surface area contributed by atoms with E-state index in [1.54, 1.807) is 18.2 Å². The van der Waals surface area contributed by atoms with Crippen LogP contribution in [0.4, 0.5) is 30.2 Å². The summed E-state index contributed by atoms with van der Waals surface area (Å²) in [5, 5.41) is 2.99. The molecular weight excluding hydrogens is 255 g/mol. The molecule has 0 radical (unpaired) electrons. The van der Waals surface area contributed by atoms with E-state index in [0.717, 1.165) is 23.5 Å². The molecule has 3 nitrogen and oxygen atoms in total. The van der Waals surface area contributed by atoms with Crippen molar-refractivity contribution in [2.75, 3.05) is 11.1 Å². The van der Waals surface area contributed by atoms with E-state index in [9.17, 15) is 13.2 Å². The van der Waals surface area contributed by atoms with Crippen LogP contribution < -0.4 is 11.1 Å². The van der Waals surface area contributed by atoms with Crippen molar-refractivity contribution in [3.63, 3.8) is 0 Å². The minimum Gasteiger partial charge on any atom is -0.399 e. The number of halogens is 3. The van der Waals surface area contributed by atoms with Gasteiger partial charge in [0.15, 0.2) is 0 Å². The number of nitrogen functional groups attached to an aromatic ring is 1. The van der Waals surface area contributed by atoms with E-state index in [1.165, 1.54) is 6.07 Å². The molecule has 0 amide bonds. The lowest BCUT2D eigenvalue weighted by molar-refractivity contribution is -0.141. The van der Waals surface area contributed by atoms with E-state index < -0.39 is 11.9 Å². The van der Waals surface area contributed by atoms with Crippen LogP contribution in [0.2, 0.25) is 0 Å². The average molecular weight is 267 g/mol. The zero-order valence-corrected chi connectivity index (χ0v) is 10.1. The number of rotatable bonds is 2. The lowest BCUT2D eigenvalue weighted by Gasteiger charge is -2.11. The number of aromatic nitrogens is 1. The van der Waals surface area contributed by atoms with Crippen molar-refractivity contribution in [3.8, 4) is 0 Å². The minimum absolute atomic E-state index is 0.487. The number of benzene rings is 1. The lowest BCUT2D eigenvalue weighted by Crippen LogP contribution is -2.07. The van der Waals surface area contributed by atoms with E-state index in [2.05, 4.69) is 10.3 Å². The van der Waals surface area contributed by atoms with Crippen LogP contribution in [-0.4, -0.2) is 4.98 Å². The van der Waals surface area contributed by atoms with Gasteiger partial charge in [0, 0.05) is 11.4 Å². The Bertz CT molecular complexity index is 577. The predicted octanol–water partition coefficient (Wildman–Crippen LogP) is 3.73. The Hall–Kier alpha value is -2.24. The Kier molecular flexibility index (Phi) is 3.33. The van der Waals surface area contributed by atoms with Crippen LogP contribution in [-0.2, 0) is 6.18 Å². The van der Waals surface area contributed by atoms with Crippen LogP contribution in [0.15, 0.2) is 36.5 Å². The molecule has 6 heteroatoms. The van der Waals surface area contributed by atoms with Crippen molar-refractivity contribution < 1.29 is 13.2 Å². The van der Waals surface area contributed by atoms with Gasteiger partial charge in [-0.15, -0.1) is 0 Å². The fourth-order valence-corrected chi connectivity index (χ4v) is 1.62. The third-order valence-corrected chi connectivity index (χ3v) is 2.58. The van der Waals surface area contributed by atoms with Gasteiger partial charge in [-0.1, -0.05) is 0 Å². The summed E-state index contributed by atoms with van der Waals surface area (Å²) in [6.45, 7) is 1.86. The normalized spacial score (nSPS) is 11.4. The van der Waals surface area contributed by atoms with Gasteiger partial charge in [-0.05, 0) is 42.8 Å². The van der Waals surface area contributed by atoms with E-state index in [-0.39, 0.29) is 0 Å². The molecule has 1 heterocycles. The maximum atomic E-state index is 12.4. The summed E-state index contributed by atoms with van der Waals surface area (Å²) in [5.41, 5.74) is 7.51. The Balaban J connectivity index is 2.20. The molecule has 0 fully saturated rings. The summed E-state index contributed by atoms with van der Waals surface area (Å²) in [4.78, 5) is 3.38. The molecule has 0 saturated carbocycles. The second kappa shape index (κ2) is 4.79. The summed E-state index contributed by atoms with van der Waals surface area (Å²) in [5.74, 6) is 0. The Morgan fingerprint density at radius 1 is 1.16 bits per heavy atom. The van der Waals surface area contributed by atoms with Gasteiger partial charge in [-0.25, -0.2) is 4.98 Å². The molecule has 0 saturated heterocycles. The summed E-state index contributed by atoms with van der Waals surface area (Å²) < 4.78 is 37.1. The summed E-state index contributed by atoms with van der Waals surface area (Å²) in [6, 6.07) is 7.54. The number of nitrogens with two attached hydrogens (primary N) is 1. The van der Waals surface area contributed by atoms with Crippen molar-refractivity contribution in [1.82, 2.24) is 4.98 Å². The molecule has 0 atom stereocenters. The van der Waals surface area contributed by atoms with E-state index in [1.807, 2.05) is 6.92 Å². The van der Waals surface area contributed by atoms with Gasteiger partial charge in [-0.3, -0.25) is 0 Å². The van der Waals surface area contributed by atoms with Crippen molar-refractivity contribution >= 4 is 17.1 Å². The first-order valence-electron chi connectivity index (χ1n) is 5.52. The quantitative estimate of drug-likeness (QED) is 0.815. The van der Waals surface area contributed by atoms with Gasteiger partial charge in [0.05, 0.1) is 11.9 Å². The fraction of sp³-hybridized carbons (Fsp3) is 0.154. The number of hydrogen-bond acceptors (Lipinski definition) is 3. The first-order chi connectivity index (χ1) is 8.86. The van der Waals surface area contributed by atoms with Crippen LogP contribution in [0.25, 0.3) is 0 Å². The van der Waals surface area contributed by atoms with Crippen LogP contribution in [0.3, 0.4) is 0 Å². The van der Waals surface area contributed by atoms with Crippen LogP contribution >= 0.6 is 0 Å². The van der Waals surface area contributed by atoms with Gasteiger partial charge in [0.25, 0.3) is 0 Å². The third kappa shape index (κ3) is 3.15. The Morgan fingerprint density at radius 3 is 2.42 bits per heavy atom. The van der Waals surface area contributed by atoms with Gasteiger partial charge in [0.2, 0.25) is 0 Å². The molecule has 19 heavy (non-hydrogen) atoms. The van der Waals surface area contributed by atoms with Crippen LogP contribution in [0.5, 0.6) is 0 Å². The number of alkyl halides is 3. The molecule has 0 spiro atoms. The monoisotopic (exact) mass is 267 g/mol. The van der Waals surface area contributed by atoms with Crippen molar-refractivity contribution in [1.29, 1.82) is 0 Å². The summed E-state index contributed by atoms with van der Waals surface area (Å²) in [7, 11) is 0. The Morgan fingerprint density at radius 2 is 1.89 bits per heavy atom. The molecular formula is C13H12F3N3. The topological polar surface area (TPSA) is 50.9 Å². The SMILES string of the molecule is Cc1cc(N)ccc1Nc1ccc(C(F)(F)F)nc1. The largest absolute Gasteiger partial charge is 0.433 e. The van der Waals surface area contributed by atoms with Gasteiger partial charge in [0.1, 0.15) is 5.69 Å². The highest BCUT2D eigenvalue weighted by atomic mass is 19.4. The summed E-state index contributed by atoms with van der Waals surface area (Å²) >= 11 is 0. The number of pyridine rings is 1. The minimum atomic E-state index is -4.42. The second-order valence-electron chi connectivity index (χ2n) is 4.13. The standard InChI is InChI=1S/C13H12F3N3/c1-8-6-9(17)2-4-11(8)19-10-3-5-12(18-7-10)13(14,15)16/h2-7,19H,17H2,1H3. The van der Waals surface area contributed by atoms with Gasteiger partial charge in [-0.2, -0.15) is 13.2 Å². The molecule has 1 aromatic carbocycles. The first-order valence-corrected chi connectivity index (χ1v) is 5.52. The Labute approximate surface area is 108 Å². The summed E-state index contributed by atoms with van der Waals surface area (Å²) in [6.07, 6.45) is -3.27. The maximum Gasteiger partial charge on any atom is 0.433 e. The van der Waals surface area contributed by atoms with Gasteiger partial charge < -0.3 is 11.1 Å². The van der Waals surface area contributed by atoms with Crippen molar-refractivity contribution in [2.24, 2.45) is 0 Å². The molecule has 0 aliphatic rings. The van der Waals surface area contributed by atoms with Crippen LogP contribution in [0, 0.1) is 6.92 Å². The number of nitrogens with zero attached hydrogens (tertiary/aromatic N) is 1. The zero-order chi connectivity index (χ0) is 14.0. The molecule has 3 N–H and O–H groups in total. The highest BCUT2D eigenvalue weighted by Gasteiger charge is 2.31. The molecule has 0 bridgehead atoms. The van der Waals surface area contributed by atoms with E-state index >= 15 is 0 Å². The molecule has 2 rings (SSSR count). The molecule has 2 aromatic rings. The molecule has 0 aliphatic heterocycles. The smallest absolute Gasteiger partial charge is 0.399 e. The second-order valence-corrected chi connectivity index (χ2v) is 4.13. The zero-order valence-electron chi connectivity index (χ0n) is 10.1.